The molecule has 4 nitrogen and oxygen atoms in total. The highest BCUT2D eigenvalue weighted by atomic mass is 32.1. The zero-order valence-corrected chi connectivity index (χ0v) is 10.3. The molecule has 1 aromatic heterocycles. The number of carboxylic acid groups (broad SMARTS) is 1. The third kappa shape index (κ3) is 2.34. The Morgan fingerprint density at radius 1 is 1.24 bits per heavy atom. The van der Waals surface area contributed by atoms with Gasteiger partial charge in [0.05, 0.1) is 20.6 Å². The molecular weight excluding hydrogens is 240 g/mol. The summed E-state index contributed by atoms with van der Waals surface area (Å²) in [5.41, 5.74) is 0. The Hall–Kier alpha value is -1.75. The smallest absolute Gasteiger partial charge is 0.308 e. The number of thiophene rings is 1. The van der Waals surface area contributed by atoms with E-state index < -0.39 is 5.97 Å². The lowest BCUT2D eigenvalue weighted by Gasteiger charge is -2.06. The van der Waals surface area contributed by atoms with E-state index in [4.69, 9.17) is 14.6 Å². The quantitative estimate of drug-likeness (QED) is 0.908. The van der Waals surface area contributed by atoms with Gasteiger partial charge in [0.2, 0.25) is 0 Å². The van der Waals surface area contributed by atoms with Crippen LogP contribution in [0, 0.1) is 0 Å². The average molecular weight is 252 g/mol. The molecule has 1 aromatic carbocycles. The van der Waals surface area contributed by atoms with Crippen LogP contribution in [0.3, 0.4) is 0 Å². The molecule has 2 aromatic rings. The Bertz CT molecular complexity index is 518. The van der Waals surface area contributed by atoms with Crippen molar-refractivity contribution in [2.75, 3.05) is 14.2 Å². The predicted octanol–water partition coefficient (Wildman–Crippen LogP) is 2.55. The molecule has 0 radical (unpaired) electrons. The molecule has 0 amide bonds. The third-order valence-electron chi connectivity index (χ3n) is 2.40. The van der Waals surface area contributed by atoms with Gasteiger partial charge in [0, 0.05) is 15.6 Å². The molecule has 0 atom stereocenters. The SMILES string of the molecule is COc1cc2cc(CC(=O)O)sc2cc1OC. The first-order valence-corrected chi connectivity index (χ1v) is 5.82. The minimum Gasteiger partial charge on any atom is -0.493 e. The van der Waals surface area contributed by atoms with E-state index in [0.717, 1.165) is 15.0 Å². The molecule has 1 N–H and O–H groups in total. The molecule has 0 unspecified atom stereocenters. The van der Waals surface area contributed by atoms with Crippen molar-refractivity contribution >= 4 is 27.4 Å². The van der Waals surface area contributed by atoms with Crippen LogP contribution in [-0.2, 0) is 11.2 Å². The fourth-order valence-corrected chi connectivity index (χ4v) is 2.72. The maximum atomic E-state index is 10.6. The number of rotatable bonds is 4. The monoisotopic (exact) mass is 252 g/mol. The maximum absolute atomic E-state index is 10.6. The topological polar surface area (TPSA) is 55.8 Å². The Labute approximate surface area is 102 Å². The number of carboxylic acids is 1. The van der Waals surface area contributed by atoms with Gasteiger partial charge >= 0.3 is 5.97 Å². The average Bonchev–Trinajstić information content (AvgIpc) is 2.66. The summed E-state index contributed by atoms with van der Waals surface area (Å²) in [6.07, 6.45) is 0.0456. The molecule has 2 rings (SSSR count). The van der Waals surface area contributed by atoms with E-state index in [-0.39, 0.29) is 6.42 Å². The normalized spacial score (nSPS) is 10.5. The molecule has 17 heavy (non-hydrogen) atoms. The van der Waals surface area contributed by atoms with Crippen LogP contribution in [0.4, 0.5) is 0 Å². The summed E-state index contributed by atoms with van der Waals surface area (Å²) in [5, 5.41) is 9.73. The van der Waals surface area contributed by atoms with Gasteiger partial charge in [-0.3, -0.25) is 4.79 Å². The number of hydrogen-bond donors (Lipinski definition) is 1. The summed E-state index contributed by atoms with van der Waals surface area (Å²) in [4.78, 5) is 11.5. The highest BCUT2D eigenvalue weighted by Crippen LogP contribution is 2.36. The van der Waals surface area contributed by atoms with Gasteiger partial charge in [-0.05, 0) is 17.5 Å². The summed E-state index contributed by atoms with van der Waals surface area (Å²) in [6.45, 7) is 0. The van der Waals surface area contributed by atoms with Crippen molar-refractivity contribution in [2.45, 2.75) is 6.42 Å². The summed E-state index contributed by atoms with van der Waals surface area (Å²) >= 11 is 1.46. The number of fused-ring (bicyclic) bond motifs is 1. The third-order valence-corrected chi connectivity index (χ3v) is 3.50. The first kappa shape index (κ1) is 11.7. The van der Waals surface area contributed by atoms with Gasteiger partial charge in [0.15, 0.2) is 11.5 Å². The number of methoxy groups -OCH3 is 2. The highest BCUT2D eigenvalue weighted by Gasteiger charge is 2.10. The lowest BCUT2D eigenvalue weighted by Crippen LogP contribution is -1.96. The number of ether oxygens (including phenoxy) is 2. The Morgan fingerprint density at radius 2 is 1.88 bits per heavy atom. The van der Waals surface area contributed by atoms with Crippen LogP contribution in [0.15, 0.2) is 18.2 Å². The molecule has 0 saturated heterocycles. The zero-order valence-electron chi connectivity index (χ0n) is 9.52. The van der Waals surface area contributed by atoms with Gasteiger partial charge in [-0.25, -0.2) is 0 Å². The van der Waals surface area contributed by atoms with Gasteiger partial charge in [0.1, 0.15) is 0 Å². The van der Waals surface area contributed by atoms with Gasteiger partial charge in [-0.1, -0.05) is 0 Å². The molecule has 0 spiro atoms. The number of benzene rings is 1. The second kappa shape index (κ2) is 4.63. The minimum atomic E-state index is -0.824. The van der Waals surface area contributed by atoms with E-state index >= 15 is 0 Å². The van der Waals surface area contributed by atoms with E-state index in [9.17, 15) is 4.79 Å². The molecule has 0 aliphatic heterocycles. The molecule has 0 fully saturated rings. The molecular formula is C12H12O4S. The summed E-state index contributed by atoms with van der Waals surface area (Å²) < 4.78 is 11.4. The van der Waals surface area contributed by atoms with Gasteiger partial charge in [0.25, 0.3) is 0 Å². The second-order valence-corrected chi connectivity index (χ2v) is 4.70. The molecule has 0 aliphatic rings. The minimum absolute atomic E-state index is 0.0456. The standard InChI is InChI=1S/C12H12O4S/c1-15-9-4-7-3-8(5-12(13)14)17-11(7)6-10(9)16-2/h3-4,6H,5H2,1-2H3,(H,13,14). The van der Waals surface area contributed by atoms with Crippen molar-refractivity contribution in [2.24, 2.45) is 0 Å². The van der Waals surface area contributed by atoms with Gasteiger partial charge in [-0.2, -0.15) is 0 Å². The van der Waals surface area contributed by atoms with E-state index in [0.29, 0.717) is 11.5 Å². The van der Waals surface area contributed by atoms with Crippen LogP contribution in [-0.4, -0.2) is 25.3 Å². The molecule has 1 heterocycles. The molecule has 0 saturated carbocycles. The Kier molecular flexibility index (Phi) is 3.19. The van der Waals surface area contributed by atoms with E-state index in [1.54, 1.807) is 14.2 Å². The van der Waals surface area contributed by atoms with Crippen molar-refractivity contribution in [3.63, 3.8) is 0 Å². The van der Waals surface area contributed by atoms with Crippen molar-refractivity contribution in [1.82, 2.24) is 0 Å². The van der Waals surface area contributed by atoms with Crippen molar-refractivity contribution in [1.29, 1.82) is 0 Å². The van der Waals surface area contributed by atoms with E-state index in [2.05, 4.69) is 0 Å². The highest BCUT2D eigenvalue weighted by molar-refractivity contribution is 7.19. The fourth-order valence-electron chi connectivity index (χ4n) is 1.66. The Balaban J connectivity index is 2.49. The largest absolute Gasteiger partial charge is 0.493 e. The van der Waals surface area contributed by atoms with Crippen LogP contribution in [0.2, 0.25) is 0 Å². The predicted molar refractivity (Wildman–Crippen MR) is 66.3 cm³/mol. The van der Waals surface area contributed by atoms with Crippen molar-refractivity contribution in [3.8, 4) is 11.5 Å². The zero-order chi connectivity index (χ0) is 12.4. The molecule has 5 heteroatoms. The fraction of sp³-hybridized carbons (Fsp3) is 0.250. The van der Waals surface area contributed by atoms with Gasteiger partial charge in [-0.15, -0.1) is 11.3 Å². The molecule has 0 aliphatic carbocycles. The summed E-state index contributed by atoms with van der Waals surface area (Å²) in [6, 6.07) is 5.59. The van der Waals surface area contributed by atoms with E-state index in [1.807, 2.05) is 18.2 Å². The number of aliphatic carboxylic acids is 1. The molecule has 90 valence electrons. The van der Waals surface area contributed by atoms with Crippen LogP contribution in [0.5, 0.6) is 11.5 Å². The lowest BCUT2D eigenvalue weighted by atomic mass is 10.2. The number of carbonyl (C=O) groups is 1. The first-order valence-electron chi connectivity index (χ1n) is 5.00. The first-order chi connectivity index (χ1) is 8.13. The van der Waals surface area contributed by atoms with Crippen LogP contribution < -0.4 is 9.47 Å². The molecule has 0 bridgehead atoms. The van der Waals surface area contributed by atoms with Crippen LogP contribution in [0.1, 0.15) is 4.88 Å². The van der Waals surface area contributed by atoms with Crippen LogP contribution >= 0.6 is 11.3 Å². The van der Waals surface area contributed by atoms with Crippen LogP contribution in [0.25, 0.3) is 10.1 Å². The van der Waals surface area contributed by atoms with Crippen molar-refractivity contribution in [3.05, 3.63) is 23.1 Å². The number of hydrogen-bond acceptors (Lipinski definition) is 4. The summed E-state index contributed by atoms with van der Waals surface area (Å²) in [7, 11) is 3.16. The summed E-state index contributed by atoms with van der Waals surface area (Å²) in [5.74, 6) is 0.485. The maximum Gasteiger partial charge on any atom is 0.308 e. The lowest BCUT2D eigenvalue weighted by molar-refractivity contribution is -0.136. The van der Waals surface area contributed by atoms with Gasteiger partial charge < -0.3 is 14.6 Å². The second-order valence-electron chi connectivity index (χ2n) is 3.53. The van der Waals surface area contributed by atoms with Crippen molar-refractivity contribution < 1.29 is 19.4 Å². The van der Waals surface area contributed by atoms with E-state index in [1.165, 1.54) is 11.3 Å². The Morgan fingerprint density at radius 3 is 2.47 bits per heavy atom.